The van der Waals surface area contributed by atoms with Crippen molar-refractivity contribution in [2.24, 2.45) is 11.8 Å². The molecule has 1 aliphatic rings. The summed E-state index contributed by atoms with van der Waals surface area (Å²) in [6.07, 6.45) is 0. The number of carbonyl (C=O) groups excluding carboxylic acids is 1. The Morgan fingerprint density at radius 2 is 1.79 bits per heavy atom. The van der Waals surface area contributed by atoms with Gasteiger partial charge in [-0.25, -0.2) is 8.42 Å². The van der Waals surface area contributed by atoms with Crippen LogP contribution in [-0.4, -0.2) is 31.6 Å². The van der Waals surface area contributed by atoms with Crippen LogP contribution in [0.3, 0.4) is 0 Å². The molecule has 1 aliphatic heterocycles. The van der Waals surface area contributed by atoms with Gasteiger partial charge in [-0.3, -0.25) is 4.79 Å². The topological polar surface area (TPSA) is 54.5 Å². The van der Waals surface area contributed by atoms with E-state index in [1.807, 2.05) is 13.8 Å². The first-order valence-corrected chi connectivity index (χ1v) is 7.83. The molecule has 0 aliphatic carbocycles. The molecule has 1 aromatic rings. The third kappa shape index (κ3) is 2.72. The maximum absolute atomic E-state index is 12.5. The Balaban J connectivity index is 2.27. The van der Waals surface area contributed by atoms with Crippen molar-refractivity contribution in [3.05, 3.63) is 29.8 Å². The number of hydrogen-bond acceptors (Lipinski definition) is 3. The summed E-state index contributed by atoms with van der Waals surface area (Å²) in [5.74, 6) is -0.0351. The number of rotatable bonds is 3. The normalized spacial score (nSPS) is 24.6. The van der Waals surface area contributed by atoms with Gasteiger partial charge in [0.05, 0.1) is 4.90 Å². The first-order chi connectivity index (χ1) is 8.82. The third-order valence-corrected chi connectivity index (χ3v) is 5.61. The van der Waals surface area contributed by atoms with Crippen LogP contribution in [0.1, 0.15) is 19.4 Å². The van der Waals surface area contributed by atoms with Crippen LogP contribution < -0.4 is 0 Å². The van der Waals surface area contributed by atoms with E-state index in [2.05, 4.69) is 0 Å². The molecule has 1 aromatic carbocycles. The highest BCUT2D eigenvalue weighted by atomic mass is 32.2. The van der Waals surface area contributed by atoms with Gasteiger partial charge in [-0.15, -0.1) is 0 Å². The maximum Gasteiger partial charge on any atom is 0.243 e. The van der Waals surface area contributed by atoms with Gasteiger partial charge in [0.1, 0.15) is 5.78 Å². The predicted octanol–water partition coefficient (Wildman–Crippen LogP) is 1.84. The van der Waals surface area contributed by atoms with Gasteiger partial charge in [-0.1, -0.05) is 24.6 Å². The zero-order valence-electron chi connectivity index (χ0n) is 11.5. The number of carbonyl (C=O) groups is 1. The Morgan fingerprint density at radius 1 is 1.21 bits per heavy atom. The zero-order valence-corrected chi connectivity index (χ0v) is 12.3. The van der Waals surface area contributed by atoms with Crippen LogP contribution in [0.15, 0.2) is 29.2 Å². The van der Waals surface area contributed by atoms with Gasteiger partial charge < -0.3 is 0 Å². The molecule has 0 bridgehead atoms. The van der Waals surface area contributed by atoms with Gasteiger partial charge in [0.25, 0.3) is 0 Å². The largest absolute Gasteiger partial charge is 0.300 e. The molecule has 0 aromatic heterocycles. The fourth-order valence-electron chi connectivity index (χ4n) is 2.51. The summed E-state index contributed by atoms with van der Waals surface area (Å²) in [5.41, 5.74) is 1.02. The molecule has 19 heavy (non-hydrogen) atoms. The van der Waals surface area contributed by atoms with E-state index < -0.39 is 10.0 Å². The van der Waals surface area contributed by atoms with E-state index >= 15 is 0 Å². The van der Waals surface area contributed by atoms with Crippen molar-refractivity contribution in [3.63, 3.8) is 0 Å². The fourth-order valence-corrected chi connectivity index (χ4v) is 4.07. The van der Waals surface area contributed by atoms with Crippen molar-refractivity contribution in [2.75, 3.05) is 13.1 Å². The van der Waals surface area contributed by atoms with Gasteiger partial charge in [-0.2, -0.15) is 4.31 Å². The molecular formula is C14H19NO3S. The number of Topliss-reactive ketones (excluding diaryl/α,β-unsaturated/α-hetero) is 1. The van der Waals surface area contributed by atoms with E-state index in [-0.39, 0.29) is 17.6 Å². The standard InChI is InChI=1S/C14H19NO3S/c1-10-4-6-13(7-5-10)19(17,18)15-8-11(2)14(9-15)12(3)16/h4-7,11,14H,8-9H2,1-3H3/t11-,14-/m0/s1. The maximum atomic E-state index is 12.5. The molecule has 0 unspecified atom stereocenters. The molecule has 4 nitrogen and oxygen atoms in total. The lowest BCUT2D eigenvalue weighted by molar-refractivity contribution is -0.121. The van der Waals surface area contributed by atoms with Crippen molar-refractivity contribution in [2.45, 2.75) is 25.7 Å². The summed E-state index contributed by atoms with van der Waals surface area (Å²) in [5, 5.41) is 0. The minimum atomic E-state index is -3.47. The average molecular weight is 281 g/mol. The number of benzene rings is 1. The zero-order chi connectivity index (χ0) is 14.2. The average Bonchev–Trinajstić information content (AvgIpc) is 2.72. The Labute approximate surface area is 114 Å². The highest BCUT2D eigenvalue weighted by Crippen LogP contribution is 2.29. The van der Waals surface area contributed by atoms with E-state index in [9.17, 15) is 13.2 Å². The van der Waals surface area contributed by atoms with Crippen LogP contribution in [0.4, 0.5) is 0 Å². The van der Waals surface area contributed by atoms with Gasteiger partial charge in [0.15, 0.2) is 0 Å². The van der Waals surface area contributed by atoms with E-state index in [1.165, 1.54) is 11.2 Å². The first kappa shape index (κ1) is 14.2. The molecule has 2 atom stereocenters. The minimum Gasteiger partial charge on any atom is -0.300 e. The highest BCUT2D eigenvalue weighted by molar-refractivity contribution is 7.89. The first-order valence-electron chi connectivity index (χ1n) is 6.39. The Kier molecular flexibility index (Phi) is 3.78. The second kappa shape index (κ2) is 5.06. The SMILES string of the molecule is CC(=O)[C@H]1CN(S(=O)(=O)c2ccc(C)cc2)C[C@@H]1C. The molecule has 0 amide bonds. The molecule has 1 fully saturated rings. The molecule has 0 saturated carbocycles. The van der Waals surface area contributed by atoms with E-state index in [0.717, 1.165) is 5.56 Å². The number of nitrogens with zero attached hydrogens (tertiary/aromatic N) is 1. The van der Waals surface area contributed by atoms with Crippen molar-refractivity contribution < 1.29 is 13.2 Å². The quantitative estimate of drug-likeness (QED) is 0.849. The summed E-state index contributed by atoms with van der Waals surface area (Å²) in [4.78, 5) is 11.8. The molecule has 0 spiro atoms. The van der Waals surface area contributed by atoms with Gasteiger partial charge in [0, 0.05) is 19.0 Å². The molecule has 2 rings (SSSR count). The summed E-state index contributed by atoms with van der Waals surface area (Å²) in [7, 11) is -3.47. The van der Waals surface area contributed by atoms with Crippen molar-refractivity contribution in [1.29, 1.82) is 0 Å². The highest BCUT2D eigenvalue weighted by Gasteiger charge is 2.39. The van der Waals surface area contributed by atoms with Crippen LogP contribution >= 0.6 is 0 Å². The lowest BCUT2D eigenvalue weighted by atomic mass is 9.95. The van der Waals surface area contributed by atoms with E-state index in [1.54, 1.807) is 24.3 Å². The summed E-state index contributed by atoms with van der Waals surface area (Å²) < 4.78 is 26.4. The number of ketones is 1. The number of sulfonamides is 1. The molecular weight excluding hydrogens is 262 g/mol. The Morgan fingerprint density at radius 3 is 2.26 bits per heavy atom. The molecule has 104 valence electrons. The van der Waals surface area contributed by atoms with Crippen LogP contribution in [0.25, 0.3) is 0 Å². The second-order valence-electron chi connectivity index (χ2n) is 5.33. The molecule has 1 saturated heterocycles. The molecule has 5 heteroatoms. The van der Waals surface area contributed by atoms with Crippen LogP contribution in [0, 0.1) is 18.8 Å². The van der Waals surface area contributed by atoms with Crippen molar-refractivity contribution >= 4 is 15.8 Å². The van der Waals surface area contributed by atoms with Crippen molar-refractivity contribution in [3.8, 4) is 0 Å². The van der Waals surface area contributed by atoms with Gasteiger partial charge in [0.2, 0.25) is 10.0 Å². The summed E-state index contributed by atoms with van der Waals surface area (Å²) in [6, 6.07) is 6.82. The molecule has 1 heterocycles. The fraction of sp³-hybridized carbons (Fsp3) is 0.500. The Bertz CT molecular complexity index is 577. The lowest BCUT2D eigenvalue weighted by Gasteiger charge is -2.16. The van der Waals surface area contributed by atoms with Crippen molar-refractivity contribution in [1.82, 2.24) is 4.31 Å². The van der Waals surface area contributed by atoms with E-state index in [0.29, 0.717) is 18.0 Å². The van der Waals surface area contributed by atoms with Crippen LogP contribution in [0.5, 0.6) is 0 Å². The van der Waals surface area contributed by atoms with Crippen LogP contribution in [0.2, 0.25) is 0 Å². The van der Waals surface area contributed by atoms with E-state index in [4.69, 9.17) is 0 Å². The smallest absolute Gasteiger partial charge is 0.243 e. The Hall–Kier alpha value is -1.20. The van der Waals surface area contributed by atoms with Gasteiger partial charge in [-0.05, 0) is 31.9 Å². The molecule has 0 radical (unpaired) electrons. The number of aryl methyl sites for hydroxylation is 1. The lowest BCUT2D eigenvalue weighted by Crippen LogP contribution is -2.29. The monoisotopic (exact) mass is 281 g/mol. The van der Waals surface area contributed by atoms with Crippen LogP contribution in [-0.2, 0) is 14.8 Å². The summed E-state index contributed by atoms with van der Waals surface area (Å²) >= 11 is 0. The van der Waals surface area contributed by atoms with Gasteiger partial charge >= 0.3 is 0 Å². The molecule has 0 N–H and O–H groups in total. The summed E-state index contributed by atoms with van der Waals surface area (Å²) in [6.45, 7) is 6.09. The second-order valence-corrected chi connectivity index (χ2v) is 7.27. The minimum absolute atomic E-state index is 0.0640. The third-order valence-electron chi connectivity index (χ3n) is 3.76. The number of hydrogen-bond donors (Lipinski definition) is 0. The predicted molar refractivity (Wildman–Crippen MR) is 73.3 cm³/mol.